The molecule has 0 fully saturated rings. The second kappa shape index (κ2) is 11.1. The second-order valence-electron chi connectivity index (χ2n) is 6.85. The van der Waals surface area contributed by atoms with Crippen molar-refractivity contribution >= 4 is 40.8 Å². The van der Waals surface area contributed by atoms with E-state index in [1.165, 1.54) is 16.6 Å². The molecular formula is C21H31IN6. The highest BCUT2D eigenvalue weighted by molar-refractivity contribution is 14.0. The number of fused-ring (bicyclic) bond motifs is 1. The number of aryl methyl sites for hydroxylation is 4. The summed E-state index contributed by atoms with van der Waals surface area (Å²) in [6, 6.07) is 12.8. The first kappa shape index (κ1) is 22.3. The number of benzene rings is 1. The lowest BCUT2D eigenvalue weighted by molar-refractivity contribution is 0.554. The van der Waals surface area contributed by atoms with Crippen LogP contribution in [0.15, 0.2) is 47.6 Å². The van der Waals surface area contributed by atoms with Gasteiger partial charge in [0.05, 0.1) is 5.69 Å². The van der Waals surface area contributed by atoms with Gasteiger partial charge in [-0.2, -0.15) is 5.10 Å². The molecule has 0 amide bonds. The monoisotopic (exact) mass is 494 g/mol. The van der Waals surface area contributed by atoms with Gasteiger partial charge in [0.15, 0.2) is 5.96 Å². The van der Waals surface area contributed by atoms with Crippen LogP contribution in [0.2, 0.25) is 0 Å². The number of nitrogens with zero attached hydrogens (tertiary/aromatic N) is 4. The highest BCUT2D eigenvalue weighted by atomic mass is 127. The molecule has 3 aromatic rings. The van der Waals surface area contributed by atoms with Crippen molar-refractivity contribution in [2.75, 3.05) is 20.1 Å². The summed E-state index contributed by atoms with van der Waals surface area (Å²) in [5.74, 6) is 0.862. The summed E-state index contributed by atoms with van der Waals surface area (Å²) >= 11 is 0. The van der Waals surface area contributed by atoms with E-state index in [1.54, 1.807) is 0 Å². The summed E-state index contributed by atoms with van der Waals surface area (Å²) in [6.07, 6.45) is 4.22. The zero-order valence-corrected chi connectivity index (χ0v) is 19.3. The van der Waals surface area contributed by atoms with Crippen molar-refractivity contribution in [2.45, 2.75) is 39.8 Å². The minimum atomic E-state index is 0. The van der Waals surface area contributed by atoms with Gasteiger partial charge in [0, 0.05) is 50.6 Å². The predicted molar refractivity (Wildman–Crippen MR) is 128 cm³/mol. The summed E-state index contributed by atoms with van der Waals surface area (Å²) in [7, 11) is 1.82. The van der Waals surface area contributed by atoms with Crippen LogP contribution in [0.25, 0.3) is 10.9 Å². The maximum Gasteiger partial charge on any atom is 0.190 e. The van der Waals surface area contributed by atoms with Crippen molar-refractivity contribution in [1.82, 2.24) is 25.0 Å². The number of halogens is 1. The molecule has 0 aliphatic heterocycles. The van der Waals surface area contributed by atoms with Gasteiger partial charge >= 0.3 is 0 Å². The molecule has 152 valence electrons. The third-order valence-electron chi connectivity index (χ3n) is 4.71. The van der Waals surface area contributed by atoms with Crippen molar-refractivity contribution in [2.24, 2.45) is 4.99 Å². The van der Waals surface area contributed by atoms with Crippen LogP contribution >= 0.6 is 24.0 Å². The smallest absolute Gasteiger partial charge is 0.190 e. The summed E-state index contributed by atoms with van der Waals surface area (Å²) < 4.78 is 4.37. The second-order valence-corrected chi connectivity index (χ2v) is 6.85. The summed E-state index contributed by atoms with van der Waals surface area (Å²) in [5.41, 5.74) is 3.59. The van der Waals surface area contributed by atoms with Gasteiger partial charge in [-0.25, -0.2) is 0 Å². The molecule has 7 heteroatoms. The lowest BCUT2D eigenvalue weighted by atomic mass is 10.2. The summed E-state index contributed by atoms with van der Waals surface area (Å²) in [6.45, 7) is 7.82. The van der Waals surface area contributed by atoms with Gasteiger partial charge in [0.25, 0.3) is 0 Å². The van der Waals surface area contributed by atoms with E-state index in [2.05, 4.69) is 79.5 Å². The molecule has 0 radical (unpaired) electrons. The van der Waals surface area contributed by atoms with Crippen LogP contribution in [0.1, 0.15) is 24.2 Å². The number of para-hydroxylation sites is 1. The number of aromatic nitrogens is 3. The molecule has 0 saturated heterocycles. The molecule has 2 aromatic heterocycles. The number of nitrogens with one attached hydrogen (secondary N) is 2. The van der Waals surface area contributed by atoms with E-state index in [0.29, 0.717) is 0 Å². The van der Waals surface area contributed by atoms with E-state index in [9.17, 15) is 0 Å². The van der Waals surface area contributed by atoms with Crippen LogP contribution in [0.5, 0.6) is 0 Å². The van der Waals surface area contributed by atoms with Crippen molar-refractivity contribution in [3.05, 3.63) is 54.0 Å². The number of rotatable bonds is 8. The molecule has 0 aliphatic carbocycles. The third-order valence-corrected chi connectivity index (χ3v) is 4.71. The Morgan fingerprint density at radius 1 is 1.04 bits per heavy atom. The van der Waals surface area contributed by atoms with Crippen LogP contribution < -0.4 is 10.6 Å². The van der Waals surface area contributed by atoms with Crippen molar-refractivity contribution in [3.8, 4) is 0 Å². The van der Waals surface area contributed by atoms with Gasteiger partial charge < -0.3 is 15.2 Å². The Kier molecular flexibility index (Phi) is 8.82. The zero-order chi connectivity index (χ0) is 19.1. The van der Waals surface area contributed by atoms with Crippen LogP contribution in [0.4, 0.5) is 0 Å². The highest BCUT2D eigenvalue weighted by Crippen LogP contribution is 2.15. The Labute approximate surface area is 184 Å². The molecule has 0 atom stereocenters. The molecule has 0 spiro atoms. The first-order valence-corrected chi connectivity index (χ1v) is 9.67. The number of aliphatic imine (C=N–C) groups is 1. The molecule has 2 N–H and O–H groups in total. The van der Waals surface area contributed by atoms with Crippen molar-refractivity contribution in [3.63, 3.8) is 0 Å². The van der Waals surface area contributed by atoms with Crippen LogP contribution in [0.3, 0.4) is 0 Å². The summed E-state index contributed by atoms with van der Waals surface area (Å²) in [5, 5.41) is 12.6. The number of guanidine groups is 1. The van der Waals surface area contributed by atoms with Crippen LogP contribution in [0, 0.1) is 13.8 Å². The molecular weight excluding hydrogens is 463 g/mol. The Hall–Kier alpha value is -2.03. The van der Waals surface area contributed by atoms with E-state index >= 15 is 0 Å². The molecule has 0 saturated carbocycles. The Bertz CT molecular complexity index is 895. The van der Waals surface area contributed by atoms with Crippen molar-refractivity contribution < 1.29 is 0 Å². The maximum atomic E-state index is 4.49. The van der Waals surface area contributed by atoms with Crippen LogP contribution in [-0.4, -0.2) is 40.4 Å². The fourth-order valence-corrected chi connectivity index (χ4v) is 3.35. The molecule has 6 nitrogen and oxygen atoms in total. The molecule has 0 aliphatic rings. The van der Waals surface area contributed by atoms with Crippen LogP contribution in [-0.2, 0) is 13.1 Å². The third kappa shape index (κ3) is 5.98. The molecule has 2 heterocycles. The van der Waals surface area contributed by atoms with Gasteiger partial charge in [0.2, 0.25) is 0 Å². The van der Waals surface area contributed by atoms with E-state index in [0.717, 1.165) is 50.7 Å². The fourth-order valence-electron chi connectivity index (χ4n) is 3.35. The van der Waals surface area contributed by atoms with Gasteiger partial charge in [0.1, 0.15) is 0 Å². The molecule has 1 aromatic carbocycles. The molecule has 0 bridgehead atoms. The predicted octanol–water partition coefficient (Wildman–Crippen LogP) is 3.72. The first-order valence-electron chi connectivity index (χ1n) is 9.67. The molecule has 3 rings (SSSR count). The van der Waals surface area contributed by atoms with E-state index in [1.807, 2.05) is 14.0 Å². The van der Waals surface area contributed by atoms with Gasteiger partial charge in [-0.3, -0.25) is 9.67 Å². The highest BCUT2D eigenvalue weighted by Gasteiger charge is 2.02. The van der Waals surface area contributed by atoms with Gasteiger partial charge in [-0.15, -0.1) is 24.0 Å². The molecule has 0 unspecified atom stereocenters. The normalized spacial score (nSPS) is 11.5. The maximum absolute atomic E-state index is 4.49. The topological polar surface area (TPSA) is 59.2 Å². The average Bonchev–Trinajstić information content (AvgIpc) is 3.23. The number of hydrogen-bond acceptors (Lipinski definition) is 2. The average molecular weight is 494 g/mol. The minimum Gasteiger partial charge on any atom is -0.356 e. The summed E-state index contributed by atoms with van der Waals surface area (Å²) in [4.78, 5) is 4.30. The van der Waals surface area contributed by atoms with Gasteiger partial charge in [-0.1, -0.05) is 18.2 Å². The minimum absolute atomic E-state index is 0. The lowest BCUT2D eigenvalue weighted by Crippen LogP contribution is -2.38. The Morgan fingerprint density at radius 3 is 2.43 bits per heavy atom. The van der Waals surface area contributed by atoms with E-state index in [-0.39, 0.29) is 24.0 Å². The standard InChI is InChI=1S/C21H30N6.HI/c1-17-16-18(2)27(25-17)14-7-12-24-21(22-3)23-11-6-13-26-15-10-19-8-4-5-9-20(19)26;/h4-5,8-10,15-16H,6-7,11-14H2,1-3H3,(H2,22,23,24);1H. The fraction of sp³-hybridized carbons (Fsp3) is 0.429. The van der Waals surface area contributed by atoms with Gasteiger partial charge in [-0.05, 0) is 50.3 Å². The largest absolute Gasteiger partial charge is 0.356 e. The van der Waals surface area contributed by atoms with E-state index in [4.69, 9.17) is 0 Å². The Balaban J connectivity index is 0.00000280. The first-order chi connectivity index (χ1) is 13.2. The molecule has 28 heavy (non-hydrogen) atoms. The SMILES string of the molecule is CN=C(NCCCn1nc(C)cc1C)NCCCn1ccc2ccccc21.I. The van der Waals surface area contributed by atoms with E-state index < -0.39 is 0 Å². The lowest BCUT2D eigenvalue weighted by Gasteiger charge is -2.12. The Morgan fingerprint density at radius 2 is 1.75 bits per heavy atom. The zero-order valence-electron chi connectivity index (χ0n) is 17.0. The van der Waals surface area contributed by atoms with Crippen molar-refractivity contribution in [1.29, 1.82) is 0 Å². The number of hydrogen-bond donors (Lipinski definition) is 2. The quantitative estimate of drug-likeness (QED) is 0.217.